The van der Waals surface area contributed by atoms with Gasteiger partial charge in [0.05, 0.1) is 11.9 Å². The van der Waals surface area contributed by atoms with E-state index in [1.807, 2.05) is 0 Å². The van der Waals surface area contributed by atoms with Crippen molar-refractivity contribution in [2.24, 2.45) is 15.3 Å². The van der Waals surface area contributed by atoms with Crippen molar-refractivity contribution < 1.29 is 19.1 Å². The largest absolute Gasteiger partial charge is 0.510 e. The van der Waals surface area contributed by atoms with Crippen LogP contribution >= 0.6 is 0 Å². The third kappa shape index (κ3) is 5.67. The van der Waals surface area contributed by atoms with Gasteiger partial charge in [0.2, 0.25) is 0 Å². The second-order valence-corrected chi connectivity index (χ2v) is 5.46. The summed E-state index contributed by atoms with van der Waals surface area (Å²) < 4.78 is 13.4. The number of nitrogens with zero attached hydrogens (tertiary/aromatic N) is 3. The van der Waals surface area contributed by atoms with Crippen molar-refractivity contribution >= 4 is 23.6 Å². The highest BCUT2D eigenvalue weighted by molar-refractivity contribution is 5.95. The van der Waals surface area contributed by atoms with Crippen LogP contribution in [0, 0.1) is 5.82 Å². The van der Waals surface area contributed by atoms with E-state index in [9.17, 15) is 19.1 Å². The molecular weight excluding hydrogens is 351 g/mol. The van der Waals surface area contributed by atoms with Gasteiger partial charge in [0.25, 0.3) is 5.91 Å². The lowest BCUT2D eigenvalue weighted by Gasteiger charge is -2.01. The minimum absolute atomic E-state index is 0.140. The van der Waals surface area contributed by atoms with Crippen LogP contribution < -0.4 is 5.43 Å². The minimum Gasteiger partial charge on any atom is -0.510 e. The molecule has 2 aromatic carbocycles. The molecule has 2 rings (SSSR count). The van der Waals surface area contributed by atoms with E-state index in [4.69, 9.17) is 0 Å². The van der Waals surface area contributed by atoms with Crippen LogP contribution in [0.1, 0.15) is 29.8 Å². The molecule has 2 N–H and O–H groups in total. The molecule has 8 heteroatoms. The normalized spacial score (nSPS) is 12.3. The molecule has 0 fully saturated rings. The molecule has 1 amide bonds. The zero-order valence-corrected chi connectivity index (χ0v) is 14.7. The summed E-state index contributed by atoms with van der Waals surface area (Å²) in [5.74, 6) is -1.57. The molecule has 2 aromatic rings. The fourth-order valence-corrected chi connectivity index (χ4v) is 1.99. The van der Waals surface area contributed by atoms with Gasteiger partial charge in [-0.2, -0.15) is 10.2 Å². The first-order chi connectivity index (χ1) is 12.9. The Morgan fingerprint density at radius 3 is 2.33 bits per heavy atom. The van der Waals surface area contributed by atoms with Crippen molar-refractivity contribution in [3.63, 3.8) is 0 Å². The Balaban J connectivity index is 2.02. The van der Waals surface area contributed by atoms with Crippen molar-refractivity contribution in [1.82, 2.24) is 5.43 Å². The maximum atomic E-state index is 13.4. The molecule has 0 heterocycles. The Labute approximate surface area is 154 Å². The lowest BCUT2D eigenvalue weighted by molar-refractivity contribution is -0.113. The van der Waals surface area contributed by atoms with Crippen LogP contribution in [-0.4, -0.2) is 23.0 Å². The summed E-state index contributed by atoms with van der Waals surface area (Å²) in [6, 6.07) is 12.1. The summed E-state index contributed by atoms with van der Waals surface area (Å²) in [5.41, 5.74) is 3.11. The van der Waals surface area contributed by atoms with Crippen molar-refractivity contribution in [3.8, 4) is 0 Å². The van der Waals surface area contributed by atoms with E-state index < -0.39 is 17.5 Å². The molecule has 0 unspecified atom stereocenters. The molecule has 0 spiro atoms. The molecule has 27 heavy (non-hydrogen) atoms. The number of aliphatic hydroxyl groups is 1. The predicted molar refractivity (Wildman–Crippen MR) is 98.4 cm³/mol. The highest BCUT2D eigenvalue weighted by Gasteiger charge is 2.07. The monoisotopic (exact) mass is 368 g/mol. The van der Waals surface area contributed by atoms with Crippen molar-refractivity contribution in [1.29, 1.82) is 0 Å². The number of hydrazone groups is 1. The number of rotatable bonds is 6. The lowest BCUT2D eigenvalue weighted by Crippen LogP contribution is -2.17. The fraction of sp³-hybridized carbons (Fsp3) is 0.105. The van der Waals surface area contributed by atoms with Gasteiger partial charge in [-0.15, -0.1) is 5.11 Å². The predicted octanol–water partition coefficient (Wildman–Crippen LogP) is 4.05. The van der Waals surface area contributed by atoms with Crippen molar-refractivity contribution in [3.05, 3.63) is 76.9 Å². The summed E-state index contributed by atoms with van der Waals surface area (Å²) in [5, 5.41) is 20.6. The maximum absolute atomic E-state index is 13.4. The van der Waals surface area contributed by atoms with E-state index in [0.29, 0.717) is 11.3 Å². The van der Waals surface area contributed by atoms with Crippen LogP contribution in [0.15, 0.2) is 75.3 Å². The Bertz CT molecular complexity index is 930. The van der Waals surface area contributed by atoms with Crippen LogP contribution in [0.3, 0.4) is 0 Å². The molecular formula is C19H17FN4O3. The number of ketones is 1. The minimum atomic E-state index is -0.485. The number of hydrogen-bond donors (Lipinski definition) is 2. The van der Waals surface area contributed by atoms with Crippen LogP contribution in [0.5, 0.6) is 0 Å². The SMILES string of the molecule is CC(=O)/C(N=Nc1ccc(C(=O)N/N=C/c2ccccc2F)cc1)=C(/C)O. The number of azo groups is 1. The molecule has 0 radical (unpaired) electrons. The van der Waals surface area contributed by atoms with E-state index in [1.54, 1.807) is 12.1 Å². The highest BCUT2D eigenvalue weighted by atomic mass is 19.1. The quantitative estimate of drug-likeness (QED) is 0.264. The number of hydrogen-bond acceptors (Lipinski definition) is 6. The van der Waals surface area contributed by atoms with E-state index in [1.165, 1.54) is 56.5 Å². The zero-order chi connectivity index (χ0) is 19.8. The summed E-state index contributed by atoms with van der Waals surface area (Å²) in [6.07, 6.45) is 1.21. The van der Waals surface area contributed by atoms with Gasteiger partial charge in [-0.1, -0.05) is 18.2 Å². The number of benzene rings is 2. The lowest BCUT2D eigenvalue weighted by atomic mass is 10.2. The van der Waals surface area contributed by atoms with E-state index in [2.05, 4.69) is 20.8 Å². The van der Waals surface area contributed by atoms with Crippen molar-refractivity contribution in [2.45, 2.75) is 13.8 Å². The number of carbonyl (C=O) groups is 2. The average molecular weight is 368 g/mol. The summed E-state index contributed by atoms with van der Waals surface area (Å²) in [7, 11) is 0. The smallest absolute Gasteiger partial charge is 0.271 e. The molecule has 0 saturated carbocycles. The van der Waals surface area contributed by atoms with Crippen LogP contribution in [0.4, 0.5) is 10.1 Å². The number of Topliss-reactive ketones (excluding diaryl/α,β-unsaturated/α-hetero) is 1. The second kappa shape index (κ2) is 9.14. The van der Waals surface area contributed by atoms with E-state index >= 15 is 0 Å². The first kappa shape index (κ1) is 19.6. The second-order valence-electron chi connectivity index (χ2n) is 5.46. The van der Waals surface area contributed by atoms with Gasteiger partial charge in [-0.3, -0.25) is 9.59 Å². The molecule has 0 bridgehead atoms. The van der Waals surface area contributed by atoms with Gasteiger partial charge in [0, 0.05) is 18.1 Å². The summed E-state index contributed by atoms with van der Waals surface area (Å²) >= 11 is 0. The van der Waals surface area contributed by atoms with Crippen LogP contribution in [-0.2, 0) is 4.79 Å². The Kier molecular flexibility index (Phi) is 6.65. The number of nitrogens with one attached hydrogen (secondary N) is 1. The number of halogens is 1. The molecule has 0 saturated heterocycles. The van der Waals surface area contributed by atoms with E-state index in [-0.39, 0.29) is 17.0 Å². The van der Waals surface area contributed by atoms with Crippen LogP contribution in [0.2, 0.25) is 0 Å². The van der Waals surface area contributed by atoms with Gasteiger partial charge >= 0.3 is 0 Å². The summed E-state index contributed by atoms with van der Waals surface area (Å²) in [6.45, 7) is 2.61. The molecule has 7 nitrogen and oxygen atoms in total. The third-order valence-corrected chi connectivity index (χ3v) is 3.35. The maximum Gasteiger partial charge on any atom is 0.271 e. The molecule has 0 atom stereocenters. The van der Waals surface area contributed by atoms with Crippen molar-refractivity contribution in [2.75, 3.05) is 0 Å². The molecule has 0 aliphatic rings. The molecule has 138 valence electrons. The first-order valence-corrected chi connectivity index (χ1v) is 7.89. The van der Waals surface area contributed by atoms with Gasteiger partial charge in [0.15, 0.2) is 11.5 Å². The zero-order valence-electron chi connectivity index (χ0n) is 14.7. The number of aliphatic hydroxyl groups excluding tert-OH is 1. The number of carbonyl (C=O) groups excluding carboxylic acids is 2. The molecule has 0 aliphatic carbocycles. The topological polar surface area (TPSA) is 103 Å². The highest BCUT2D eigenvalue weighted by Crippen LogP contribution is 2.16. The summed E-state index contributed by atoms with van der Waals surface area (Å²) in [4.78, 5) is 23.3. The number of amides is 1. The molecule has 0 aromatic heterocycles. The van der Waals surface area contributed by atoms with Gasteiger partial charge < -0.3 is 5.11 Å². The Hall–Kier alpha value is -3.68. The average Bonchev–Trinajstić information content (AvgIpc) is 2.63. The standard InChI is InChI=1S/C19H17FN4O3/c1-12(25)18(13(2)26)23-22-16-9-7-14(8-10-16)19(27)24-21-11-15-5-3-4-6-17(15)20/h3-11,25H,1-2H3,(H,24,27)/b18-12+,21-11+,23-22?. The fourth-order valence-electron chi connectivity index (χ4n) is 1.99. The Morgan fingerprint density at radius 1 is 1.07 bits per heavy atom. The first-order valence-electron chi connectivity index (χ1n) is 7.89. The third-order valence-electron chi connectivity index (χ3n) is 3.35. The van der Waals surface area contributed by atoms with E-state index in [0.717, 1.165) is 0 Å². The van der Waals surface area contributed by atoms with Crippen LogP contribution in [0.25, 0.3) is 0 Å². The molecule has 0 aliphatic heterocycles. The Morgan fingerprint density at radius 2 is 1.74 bits per heavy atom. The van der Waals surface area contributed by atoms with Gasteiger partial charge in [-0.25, -0.2) is 9.82 Å². The van der Waals surface area contributed by atoms with Gasteiger partial charge in [-0.05, 0) is 37.3 Å². The number of allylic oxidation sites excluding steroid dienone is 2. The van der Waals surface area contributed by atoms with Gasteiger partial charge in [0.1, 0.15) is 11.6 Å².